The first-order valence-electron chi connectivity index (χ1n) is 15.3. The van der Waals surface area contributed by atoms with Crippen molar-refractivity contribution >= 4 is 42.9 Å². The Hall–Kier alpha value is -4.86. The van der Waals surface area contributed by atoms with Crippen molar-refractivity contribution in [3.8, 4) is 22.6 Å². The average Bonchev–Trinajstić information content (AvgIpc) is 3.59. The molecule has 6 aromatic carbocycles. The van der Waals surface area contributed by atoms with Gasteiger partial charge in [0.15, 0.2) is 0 Å². The summed E-state index contributed by atoms with van der Waals surface area (Å²) >= 11 is 1.39. The summed E-state index contributed by atoms with van der Waals surface area (Å²) in [7, 11) is 0. The fourth-order valence-corrected chi connectivity index (χ4v) is 7.77. The van der Waals surface area contributed by atoms with E-state index in [2.05, 4.69) is 72.0 Å². The zero-order valence-electron chi connectivity index (χ0n) is 25.2. The van der Waals surface area contributed by atoms with Crippen LogP contribution in [0.15, 0.2) is 133 Å². The predicted molar refractivity (Wildman–Crippen MR) is 166 cm³/mol. The zero-order valence-corrected chi connectivity index (χ0v) is 22.0. The Labute approximate surface area is 241 Å². The number of thiophene rings is 1. The molecule has 1 aliphatic carbocycles. The summed E-state index contributed by atoms with van der Waals surface area (Å²) < 4.78 is 41.8. The topological polar surface area (TPSA) is 21.3 Å². The van der Waals surface area contributed by atoms with Gasteiger partial charge in [0.2, 0.25) is 0 Å². The van der Waals surface area contributed by atoms with E-state index in [1.807, 2.05) is 42.5 Å². The number of nitrogens with one attached hydrogen (secondary N) is 1. The molecule has 0 radical (unpaired) electrons. The van der Waals surface area contributed by atoms with E-state index >= 15 is 0 Å². The Morgan fingerprint density at radius 2 is 1.32 bits per heavy atom. The van der Waals surface area contributed by atoms with E-state index < -0.39 is 5.41 Å². The first-order valence-corrected chi connectivity index (χ1v) is 14.1. The van der Waals surface area contributed by atoms with Crippen molar-refractivity contribution in [3.05, 3.63) is 156 Å². The van der Waals surface area contributed by atoms with Gasteiger partial charge in [-0.15, -0.1) is 11.3 Å². The highest BCUT2D eigenvalue weighted by Gasteiger charge is 2.50. The Balaban J connectivity index is 1.29. The van der Waals surface area contributed by atoms with Gasteiger partial charge in [-0.25, -0.2) is 0 Å². The van der Waals surface area contributed by atoms with Crippen LogP contribution in [0.1, 0.15) is 27.7 Å². The van der Waals surface area contributed by atoms with Crippen molar-refractivity contribution in [1.82, 2.24) is 0 Å². The normalized spacial score (nSPS) is 15.3. The molecule has 40 heavy (non-hydrogen) atoms. The standard InChI is InChI=1S/C37H23NOS/c1-4-13-27-24(10-1)25-11-2-5-14-28(25)37(27)29-15-6-7-17-32(29)39-33-21-20-23(22-30(33)37)38-31-16-9-19-35-36(31)26-12-3-8-18-34(26)40-35/h1-22,38H/i3D,8D,12D,18D. The van der Waals surface area contributed by atoms with Gasteiger partial charge in [-0.3, -0.25) is 0 Å². The molecule has 0 bridgehead atoms. The highest BCUT2D eigenvalue weighted by atomic mass is 32.1. The van der Waals surface area contributed by atoms with Gasteiger partial charge in [0, 0.05) is 42.7 Å². The van der Waals surface area contributed by atoms with Crippen molar-refractivity contribution in [2.45, 2.75) is 5.41 Å². The predicted octanol–water partition coefficient (Wildman–Crippen LogP) is 10.3. The SMILES string of the molecule is [2H]c1c([2H])c([2H])c2c(sc3cccc(Nc4ccc5c(c4)C4(c6ccccc6O5)c5ccccc5-c5ccccc54)c32)c1[2H]. The van der Waals surface area contributed by atoms with Crippen LogP contribution < -0.4 is 10.1 Å². The highest BCUT2D eigenvalue weighted by Crippen LogP contribution is 2.62. The lowest BCUT2D eigenvalue weighted by Gasteiger charge is -2.39. The van der Waals surface area contributed by atoms with Gasteiger partial charge in [-0.05, 0) is 64.7 Å². The molecule has 0 atom stereocenters. The molecule has 1 spiro atoms. The molecule has 0 saturated heterocycles. The highest BCUT2D eigenvalue weighted by molar-refractivity contribution is 7.25. The van der Waals surface area contributed by atoms with E-state index in [1.54, 1.807) is 0 Å². The molecule has 1 aliphatic heterocycles. The van der Waals surface area contributed by atoms with Gasteiger partial charge < -0.3 is 10.1 Å². The Morgan fingerprint density at radius 1 is 0.625 bits per heavy atom. The molecule has 3 heteroatoms. The fourth-order valence-electron chi connectivity index (χ4n) is 6.73. The number of fused-ring (bicyclic) bond motifs is 12. The molecule has 0 fully saturated rings. The zero-order chi connectivity index (χ0) is 29.7. The third-order valence-electron chi connectivity index (χ3n) is 8.27. The fraction of sp³-hybridized carbons (Fsp3) is 0.0270. The van der Waals surface area contributed by atoms with E-state index in [4.69, 9.17) is 10.2 Å². The van der Waals surface area contributed by atoms with E-state index in [0.717, 1.165) is 44.1 Å². The van der Waals surface area contributed by atoms with Gasteiger partial charge in [0.05, 0.1) is 10.9 Å². The average molecular weight is 534 g/mol. The first-order chi connectivity index (χ1) is 21.5. The summed E-state index contributed by atoms with van der Waals surface area (Å²) in [4.78, 5) is 0. The number of para-hydroxylation sites is 1. The molecule has 0 saturated carbocycles. The van der Waals surface area contributed by atoms with Crippen LogP contribution >= 0.6 is 11.3 Å². The largest absolute Gasteiger partial charge is 0.457 e. The lowest BCUT2D eigenvalue weighted by atomic mass is 9.66. The van der Waals surface area contributed by atoms with Crippen LogP contribution in [0.4, 0.5) is 11.4 Å². The van der Waals surface area contributed by atoms with Crippen molar-refractivity contribution in [2.75, 3.05) is 5.32 Å². The molecule has 2 aliphatic rings. The molecule has 2 heterocycles. The molecular formula is C37H23NOS. The maximum absolute atomic E-state index is 8.71. The smallest absolute Gasteiger partial charge is 0.132 e. The second kappa shape index (κ2) is 8.08. The second-order valence-electron chi connectivity index (χ2n) is 10.3. The number of anilines is 2. The summed E-state index contributed by atoms with van der Waals surface area (Å²) in [5, 5.41) is 4.97. The third kappa shape index (κ3) is 2.82. The lowest BCUT2D eigenvalue weighted by molar-refractivity contribution is 0.436. The first kappa shape index (κ1) is 18.4. The van der Waals surface area contributed by atoms with E-state index in [1.165, 1.54) is 33.6 Å². The number of ether oxygens (including phenoxy) is 1. The summed E-state index contributed by atoms with van der Waals surface area (Å²) in [5.74, 6) is 1.64. The van der Waals surface area contributed by atoms with Crippen molar-refractivity contribution in [3.63, 3.8) is 0 Å². The van der Waals surface area contributed by atoms with Crippen LogP contribution in [-0.4, -0.2) is 0 Å². The van der Waals surface area contributed by atoms with Gasteiger partial charge in [0.25, 0.3) is 0 Å². The van der Waals surface area contributed by atoms with Crippen molar-refractivity contribution < 1.29 is 10.2 Å². The van der Waals surface area contributed by atoms with Gasteiger partial charge in [-0.1, -0.05) is 90.9 Å². The summed E-state index contributed by atoms with van der Waals surface area (Å²) in [6, 6.07) is 37.2. The molecule has 2 nitrogen and oxygen atoms in total. The molecule has 0 unspecified atom stereocenters. The van der Waals surface area contributed by atoms with E-state index in [0.29, 0.717) is 10.1 Å². The second-order valence-corrected chi connectivity index (χ2v) is 11.3. The summed E-state index contributed by atoms with van der Waals surface area (Å²) in [6.45, 7) is 0. The summed E-state index contributed by atoms with van der Waals surface area (Å²) in [5.41, 5.74) is 8.09. The quantitative estimate of drug-likeness (QED) is 0.239. The minimum Gasteiger partial charge on any atom is -0.457 e. The molecule has 9 rings (SSSR count). The van der Waals surface area contributed by atoms with Gasteiger partial charge >= 0.3 is 0 Å². The molecule has 1 N–H and O–H groups in total. The molecule has 7 aromatic rings. The van der Waals surface area contributed by atoms with E-state index in [-0.39, 0.29) is 24.2 Å². The van der Waals surface area contributed by atoms with Crippen LogP contribution in [0.3, 0.4) is 0 Å². The number of hydrogen-bond donors (Lipinski definition) is 1. The molecule has 188 valence electrons. The van der Waals surface area contributed by atoms with Gasteiger partial charge in [-0.2, -0.15) is 0 Å². The molecular weight excluding hydrogens is 506 g/mol. The molecule has 0 amide bonds. The summed E-state index contributed by atoms with van der Waals surface area (Å²) in [6.07, 6.45) is 0. The minimum absolute atomic E-state index is 0.00162. The van der Waals surface area contributed by atoms with Crippen molar-refractivity contribution in [1.29, 1.82) is 0 Å². The van der Waals surface area contributed by atoms with Crippen LogP contribution in [0.5, 0.6) is 11.5 Å². The van der Waals surface area contributed by atoms with Crippen LogP contribution in [-0.2, 0) is 5.41 Å². The van der Waals surface area contributed by atoms with E-state index in [9.17, 15) is 0 Å². The monoisotopic (exact) mass is 533 g/mol. The van der Waals surface area contributed by atoms with Crippen LogP contribution in [0.25, 0.3) is 31.3 Å². The third-order valence-corrected chi connectivity index (χ3v) is 9.34. The number of rotatable bonds is 2. The maximum Gasteiger partial charge on any atom is 0.132 e. The Morgan fingerprint density at radius 3 is 2.15 bits per heavy atom. The van der Waals surface area contributed by atoms with Crippen LogP contribution in [0.2, 0.25) is 0 Å². The van der Waals surface area contributed by atoms with Crippen LogP contribution in [0, 0.1) is 0 Å². The Kier molecular flexibility index (Phi) is 3.72. The lowest BCUT2D eigenvalue weighted by Crippen LogP contribution is -2.32. The Bertz CT molecular complexity index is 2320. The number of benzene rings is 6. The van der Waals surface area contributed by atoms with Crippen molar-refractivity contribution in [2.24, 2.45) is 0 Å². The maximum atomic E-state index is 8.71. The van der Waals surface area contributed by atoms with Gasteiger partial charge in [0.1, 0.15) is 11.5 Å². The number of hydrogen-bond acceptors (Lipinski definition) is 3. The molecule has 1 aromatic heterocycles. The minimum atomic E-state index is -0.574.